The van der Waals surface area contributed by atoms with Crippen LogP contribution in [0.1, 0.15) is 6.42 Å². The van der Waals surface area contributed by atoms with Crippen molar-refractivity contribution < 1.29 is 13.9 Å². The second-order valence-corrected chi connectivity index (χ2v) is 7.08. The van der Waals surface area contributed by atoms with Crippen LogP contribution in [0.2, 0.25) is 0 Å². The molecule has 6 heteroatoms. The highest BCUT2D eigenvalue weighted by Crippen LogP contribution is 2.29. The molecule has 0 bridgehead atoms. The minimum absolute atomic E-state index is 0.212. The van der Waals surface area contributed by atoms with E-state index in [0.717, 1.165) is 16.5 Å². The number of nitrogens with zero attached hydrogens (tertiary/aromatic N) is 2. The second-order valence-electron chi connectivity index (χ2n) is 7.08. The molecule has 4 rings (SSSR count). The Labute approximate surface area is 184 Å². The van der Waals surface area contributed by atoms with Gasteiger partial charge in [-0.3, -0.25) is 4.79 Å². The number of rotatable bonds is 7. The molecule has 0 aliphatic heterocycles. The van der Waals surface area contributed by atoms with Gasteiger partial charge in [-0.15, -0.1) is 0 Å². The largest absolute Gasteiger partial charge is 0.484 e. The summed E-state index contributed by atoms with van der Waals surface area (Å²) in [6.07, 6.45) is 0.212. The van der Waals surface area contributed by atoms with Crippen molar-refractivity contribution in [1.29, 1.82) is 5.26 Å². The molecule has 32 heavy (non-hydrogen) atoms. The number of nitriles is 1. The number of para-hydroxylation sites is 1. The fraction of sp³-hybridized carbons (Fsp3) is 0.115. The lowest BCUT2D eigenvalue weighted by Crippen LogP contribution is -2.35. The maximum Gasteiger partial charge on any atom is 0.336 e. The second kappa shape index (κ2) is 9.63. The first kappa shape index (κ1) is 20.9. The lowest BCUT2D eigenvalue weighted by molar-refractivity contribution is -0.120. The topological polar surface area (TPSA) is 83.5 Å². The number of fused-ring (bicyclic) bond motifs is 1. The summed E-state index contributed by atoms with van der Waals surface area (Å²) in [7, 11) is 0. The van der Waals surface area contributed by atoms with Crippen molar-refractivity contribution in [3.63, 3.8) is 0 Å². The van der Waals surface area contributed by atoms with E-state index in [0.29, 0.717) is 17.0 Å². The monoisotopic (exact) mass is 424 g/mol. The van der Waals surface area contributed by atoms with Crippen LogP contribution in [-0.4, -0.2) is 19.1 Å². The highest BCUT2D eigenvalue weighted by atomic mass is 16.5. The average molecular weight is 424 g/mol. The molecule has 1 aromatic heterocycles. The lowest BCUT2D eigenvalue weighted by atomic mass is 10.0. The average Bonchev–Trinajstić information content (AvgIpc) is 2.83. The Kier molecular flexibility index (Phi) is 6.28. The molecule has 0 spiro atoms. The van der Waals surface area contributed by atoms with E-state index in [1.54, 1.807) is 12.1 Å². The van der Waals surface area contributed by atoms with Crippen molar-refractivity contribution in [2.45, 2.75) is 6.42 Å². The summed E-state index contributed by atoms with van der Waals surface area (Å²) in [5, 5.41) is 9.70. The Bertz CT molecular complexity index is 1330. The van der Waals surface area contributed by atoms with Crippen LogP contribution in [0.15, 0.2) is 94.1 Å². The SMILES string of the molecule is N#CCCN(C(=O)COc1ccc2c(-c3ccccc3)cc(=O)oc2c1)c1ccccc1. The van der Waals surface area contributed by atoms with Gasteiger partial charge < -0.3 is 14.1 Å². The number of hydrogen-bond donors (Lipinski definition) is 0. The first-order valence-electron chi connectivity index (χ1n) is 10.1. The van der Waals surface area contributed by atoms with Gasteiger partial charge in [0.2, 0.25) is 0 Å². The van der Waals surface area contributed by atoms with Crippen molar-refractivity contribution >= 4 is 22.6 Å². The number of hydrogen-bond acceptors (Lipinski definition) is 5. The first-order chi connectivity index (χ1) is 15.7. The molecular weight excluding hydrogens is 404 g/mol. The Morgan fingerprint density at radius 2 is 1.69 bits per heavy atom. The molecule has 0 atom stereocenters. The number of carbonyl (C=O) groups is 1. The van der Waals surface area contributed by atoms with Crippen LogP contribution in [-0.2, 0) is 4.79 Å². The third kappa shape index (κ3) is 4.68. The number of carbonyl (C=O) groups excluding carboxylic acids is 1. The molecule has 1 amide bonds. The van der Waals surface area contributed by atoms with Crippen LogP contribution in [0, 0.1) is 11.3 Å². The van der Waals surface area contributed by atoms with Gasteiger partial charge in [0.15, 0.2) is 6.61 Å². The quantitative estimate of drug-likeness (QED) is 0.399. The van der Waals surface area contributed by atoms with Crippen molar-refractivity contribution in [2.24, 2.45) is 0 Å². The van der Waals surface area contributed by atoms with Gasteiger partial charge in [-0.1, -0.05) is 48.5 Å². The molecule has 3 aromatic carbocycles. The molecule has 4 aromatic rings. The number of anilines is 1. The minimum Gasteiger partial charge on any atom is -0.484 e. The molecule has 0 aliphatic carbocycles. The smallest absolute Gasteiger partial charge is 0.336 e. The van der Waals surface area contributed by atoms with E-state index in [9.17, 15) is 9.59 Å². The standard InChI is InChI=1S/C26H20N2O4/c27-14-7-15-28(20-10-5-2-6-11-20)25(29)18-31-21-12-13-22-23(19-8-3-1-4-9-19)17-26(30)32-24(22)16-21/h1-6,8-13,16-17H,7,15,18H2. The van der Waals surface area contributed by atoms with Crippen LogP contribution >= 0.6 is 0 Å². The van der Waals surface area contributed by atoms with Crippen LogP contribution in [0.3, 0.4) is 0 Å². The molecule has 158 valence electrons. The number of amides is 1. The lowest BCUT2D eigenvalue weighted by Gasteiger charge is -2.21. The van der Waals surface area contributed by atoms with E-state index in [4.69, 9.17) is 14.4 Å². The van der Waals surface area contributed by atoms with E-state index in [2.05, 4.69) is 6.07 Å². The van der Waals surface area contributed by atoms with Gasteiger partial charge in [-0.05, 0) is 35.4 Å². The molecule has 6 nitrogen and oxygen atoms in total. The summed E-state index contributed by atoms with van der Waals surface area (Å²) in [6.45, 7) is 0.0597. The van der Waals surface area contributed by atoms with Gasteiger partial charge in [0.1, 0.15) is 11.3 Å². The summed E-state index contributed by atoms with van der Waals surface area (Å²) in [5.74, 6) is 0.138. The molecule has 0 saturated carbocycles. The van der Waals surface area contributed by atoms with Gasteiger partial charge in [0, 0.05) is 29.8 Å². The van der Waals surface area contributed by atoms with E-state index in [1.807, 2.05) is 66.7 Å². The first-order valence-corrected chi connectivity index (χ1v) is 10.1. The fourth-order valence-electron chi connectivity index (χ4n) is 3.48. The zero-order chi connectivity index (χ0) is 22.3. The third-order valence-electron chi connectivity index (χ3n) is 4.98. The molecular formula is C26H20N2O4. The van der Waals surface area contributed by atoms with E-state index < -0.39 is 5.63 Å². The Hall–Kier alpha value is -4.37. The number of ether oxygens (including phenoxy) is 1. The summed E-state index contributed by atoms with van der Waals surface area (Å²) >= 11 is 0. The molecule has 0 N–H and O–H groups in total. The molecule has 1 heterocycles. The normalized spacial score (nSPS) is 10.5. The summed E-state index contributed by atoms with van der Waals surface area (Å²) in [4.78, 5) is 26.4. The molecule has 0 unspecified atom stereocenters. The maximum atomic E-state index is 12.8. The van der Waals surface area contributed by atoms with Crippen LogP contribution in [0.25, 0.3) is 22.1 Å². The summed E-state index contributed by atoms with van der Waals surface area (Å²) in [6, 6.07) is 27.4. The van der Waals surface area contributed by atoms with Crippen LogP contribution in [0.4, 0.5) is 5.69 Å². The van der Waals surface area contributed by atoms with Crippen molar-refractivity contribution in [3.05, 3.63) is 95.3 Å². The van der Waals surface area contributed by atoms with Gasteiger partial charge in [-0.2, -0.15) is 5.26 Å². The molecule has 0 radical (unpaired) electrons. The Morgan fingerprint density at radius 1 is 0.969 bits per heavy atom. The highest BCUT2D eigenvalue weighted by Gasteiger charge is 2.16. The van der Waals surface area contributed by atoms with Gasteiger partial charge in [0.05, 0.1) is 12.5 Å². The van der Waals surface area contributed by atoms with E-state index in [1.165, 1.54) is 11.0 Å². The van der Waals surface area contributed by atoms with Crippen molar-refractivity contribution in [3.8, 4) is 22.9 Å². The summed E-state index contributed by atoms with van der Waals surface area (Å²) in [5.41, 5.74) is 2.30. The zero-order valence-corrected chi connectivity index (χ0v) is 17.2. The van der Waals surface area contributed by atoms with Crippen LogP contribution < -0.4 is 15.3 Å². The van der Waals surface area contributed by atoms with E-state index in [-0.39, 0.29) is 25.5 Å². The summed E-state index contributed by atoms with van der Waals surface area (Å²) < 4.78 is 11.1. The fourth-order valence-corrected chi connectivity index (χ4v) is 3.48. The zero-order valence-electron chi connectivity index (χ0n) is 17.2. The highest BCUT2D eigenvalue weighted by molar-refractivity contribution is 5.95. The van der Waals surface area contributed by atoms with Gasteiger partial charge >= 0.3 is 5.63 Å². The molecule has 0 aliphatic rings. The van der Waals surface area contributed by atoms with E-state index >= 15 is 0 Å². The van der Waals surface area contributed by atoms with Crippen molar-refractivity contribution in [1.82, 2.24) is 0 Å². The Balaban J connectivity index is 1.56. The number of benzene rings is 3. The molecule has 0 fully saturated rings. The van der Waals surface area contributed by atoms with Crippen LogP contribution in [0.5, 0.6) is 5.75 Å². The third-order valence-corrected chi connectivity index (χ3v) is 4.98. The van der Waals surface area contributed by atoms with Gasteiger partial charge in [0.25, 0.3) is 5.91 Å². The van der Waals surface area contributed by atoms with Gasteiger partial charge in [-0.25, -0.2) is 4.79 Å². The maximum absolute atomic E-state index is 12.8. The Morgan fingerprint density at radius 3 is 2.41 bits per heavy atom. The predicted molar refractivity (Wildman–Crippen MR) is 122 cm³/mol. The minimum atomic E-state index is -0.462. The molecule has 0 saturated heterocycles. The predicted octanol–water partition coefficient (Wildman–Crippen LogP) is 4.79. The van der Waals surface area contributed by atoms with Crippen molar-refractivity contribution in [2.75, 3.05) is 18.1 Å².